The SMILES string of the molecule is CNC(=O)C1CCCN1c1nn2c3cc(ncc13)Nc1ccnc(n1)-c1cn[nH]c1OCCC2. The van der Waals surface area contributed by atoms with Crippen molar-refractivity contribution in [3.05, 3.63) is 30.7 Å². The maximum atomic E-state index is 12.5. The van der Waals surface area contributed by atoms with E-state index in [0.717, 1.165) is 42.5 Å². The van der Waals surface area contributed by atoms with Gasteiger partial charge in [0.25, 0.3) is 0 Å². The molecule has 4 aromatic heterocycles. The third kappa shape index (κ3) is 3.47. The number of pyridine rings is 1. The molecule has 2 aliphatic heterocycles. The lowest BCUT2D eigenvalue weighted by molar-refractivity contribution is -0.121. The summed E-state index contributed by atoms with van der Waals surface area (Å²) in [5.74, 6) is 3.08. The highest BCUT2D eigenvalue weighted by atomic mass is 16.5. The van der Waals surface area contributed by atoms with E-state index in [2.05, 4.69) is 40.7 Å². The number of H-pyrrole nitrogens is 1. The van der Waals surface area contributed by atoms with Gasteiger partial charge in [0, 0.05) is 45.0 Å². The fraction of sp³-hybridized carbons (Fsp3) is 0.364. The first-order chi connectivity index (χ1) is 16.7. The molecule has 1 atom stereocenters. The number of ether oxygens (including phenoxy) is 1. The number of aryl methyl sites for hydroxylation is 1. The molecule has 1 saturated heterocycles. The Morgan fingerprint density at radius 3 is 3.06 bits per heavy atom. The first-order valence-corrected chi connectivity index (χ1v) is 11.3. The smallest absolute Gasteiger partial charge is 0.242 e. The maximum absolute atomic E-state index is 12.5. The van der Waals surface area contributed by atoms with Gasteiger partial charge in [-0.25, -0.2) is 20.1 Å². The van der Waals surface area contributed by atoms with E-state index >= 15 is 0 Å². The van der Waals surface area contributed by atoms with Crippen LogP contribution in [0.2, 0.25) is 0 Å². The first-order valence-electron chi connectivity index (χ1n) is 11.3. The number of anilines is 3. The van der Waals surface area contributed by atoms with E-state index < -0.39 is 0 Å². The van der Waals surface area contributed by atoms with Crippen LogP contribution in [0.25, 0.3) is 22.3 Å². The van der Waals surface area contributed by atoms with Crippen molar-refractivity contribution in [1.82, 2.24) is 40.2 Å². The van der Waals surface area contributed by atoms with Gasteiger partial charge in [-0.1, -0.05) is 0 Å². The van der Waals surface area contributed by atoms with Crippen LogP contribution in [0.5, 0.6) is 5.88 Å². The molecule has 6 heterocycles. The van der Waals surface area contributed by atoms with E-state index in [0.29, 0.717) is 42.1 Å². The lowest BCUT2D eigenvalue weighted by atomic mass is 10.2. The molecule has 0 saturated carbocycles. The number of amides is 1. The molecular formula is C22H24N10O2. The summed E-state index contributed by atoms with van der Waals surface area (Å²) in [6, 6.07) is 3.52. The second kappa shape index (κ2) is 8.28. The molecule has 0 radical (unpaired) electrons. The van der Waals surface area contributed by atoms with Crippen molar-refractivity contribution in [2.45, 2.75) is 31.8 Å². The van der Waals surface area contributed by atoms with Crippen molar-refractivity contribution in [2.75, 3.05) is 30.4 Å². The molecule has 4 aromatic rings. The molecule has 0 aromatic carbocycles. The van der Waals surface area contributed by atoms with Gasteiger partial charge in [0.2, 0.25) is 11.8 Å². The fourth-order valence-electron chi connectivity index (χ4n) is 4.58. The second-order valence-corrected chi connectivity index (χ2v) is 8.30. The number of carbonyl (C=O) groups excluding carboxylic acids is 1. The minimum absolute atomic E-state index is 0.00756. The van der Waals surface area contributed by atoms with Crippen molar-refractivity contribution in [1.29, 1.82) is 0 Å². The third-order valence-electron chi connectivity index (χ3n) is 6.21. The Morgan fingerprint density at radius 1 is 1.21 bits per heavy atom. The number of aromatic amines is 1. The van der Waals surface area contributed by atoms with Crippen LogP contribution in [0.15, 0.2) is 30.7 Å². The standard InChI is InChI=1S/C22H24N10O2/c1-23-21(33)15-4-2-7-31(15)20-13-11-25-18-10-16(13)32(30-20)8-3-9-34-22-14(12-26-29-22)19-24-6-5-17(27-18)28-19/h5-6,10-12,15H,2-4,7-9H2,1H3,(H,23,33)(H,26,29)(H,24,25,27,28). The lowest BCUT2D eigenvalue weighted by Gasteiger charge is -2.23. The van der Waals surface area contributed by atoms with E-state index in [1.54, 1.807) is 25.5 Å². The first kappa shape index (κ1) is 20.4. The molecule has 0 spiro atoms. The maximum Gasteiger partial charge on any atom is 0.242 e. The minimum atomic E-state index is -0.231. The van der Waals surface area contributed by atoms with E-state index in [4.69, 9.17) is 9.84 Å². The van der Waals surface area contributed by atoms with Gasteiger partial charge in [0.05, 0.1) is 23.7 Å². The van der Waals surface area contributed by atoms with Gasteiger partial charge in [-0.2, -0.15) is 10.2 Å². The van der Waals surface area contributed by atoms with Crippen LogP contribution in [0.3, 0.4) is 0 Å². The van der Waals surface area contributed by atoms with Gasteiger partial charge >= 0.3 is 0 Å². The number of aromatic nitrogens is 7. The molecule has 3 N–H and O–H groups in total. The van der Waals surface area contributed by atoms with Crippen molar-refractivity contribution in [2.24, 2.45) is 0 Å². The zero-order chi connectivity index (χ0) is 23.1. The summed E-state index contributed by atoms with van der Waals surface area (Å²) in [5.41, 5.74) is 1.63. The number of hydrogen-bond donors (Lipinski definition) is 3. The normalized spacial score (nSPS) is 17.7. The van der Waals surface area contributed by atoms with Crippen molar-refractivity contribution >= 4 is 34.3 Å². The van der Waals surface area contributed by atoms with Crippen LogP contribution in [-0.4, -0.2) is 67.1 Å². The van der Waals surface area contributed by atoms with Crippen LogP contribution in [-0.2, 0) is 11.3 Å². The highest BCUT2D eigenvalue weighted by molar-refractivity contribution is 5.95. The van der Waals surface area contributed by atoms with Crippen molar-refractivity contribution in [3.63, 3.8) is 0 Å². The van der Waals surface area contributed by atoms with Gasteiger partial charge < -0.3 is 20.3 Å². The van der Waals surface area contributed by atoms with Gasteiger partial charge in [0.15, 0.2) is 11.6 Å². The Kier molecular flexibility index (Phi) is 4.97. The van der Waals surface area contributed by atoms with E-state index in [9.17, 15) is 4.79 Å². The van der Waals surface area contributed by atoms with E-state index in [-0.39, 0.29) is 11.9 Å². The number of hydrogen-bond acceptors (Lipinski definition) is 9. The predicted molar refractivity (Wildman–Crippen MR) is 125 cm³/mol. The summed E-state index contributed by atoms with van der Waals surface area (Å²) < 4.78 is 7.92. The molecule has 174 valence electrons. The number of rotatable bonds is 2. The van der Waals surface area contributed by atoms with Crippen LogP contribution in [0.1, 0.15) is 19.3 Å². The lowest BCUT2D eigenvalue weighted by Crippen LogP contribution is -2.42. The summed E-state index contributed by atoms with van der Waals surface area (Å²) in [5, 5.41) is 18.9. The van der Waals surface area contributed by atoms with Crippen LogP contribution < -0.4 is 20.3 Å². The Morgan fingerprint density at radius 2 is 2.15 bits per heavy atom. The number of carbonyl (C=O) groups is 1. The monoisotopic (exact) mass is 460 g/mol. The minimum Gasteiger partial charge on any atom is -0.477 e. The van der Waals surface area contributed by atoms with E-state index in [1.165, 1.54) is 0 Å². The Bertz CT molecular complexity index is 1360. The average molecular weight is 461 g/mol. The number of fused-ring (bicyclic) bond motifs is 5. The third-order valence-corrected chi connectivity index (χ3v) is 6.21. The average Bonchev–Trinajstić information content (AvgIpc) is 3.59. The predicted octanol–water partition coefficient (Wildman–Crippen LogP) is 1.85. The number of likely N-dealkylation sites (N-methyl/N-ethyl adjacent to an activating group) is 1. The molecule has 12 heteroatoms. The van der Waals surface area contributed by atoms with Gasteiger partial charge in [-0.05, 0) is 18.9 Å². The summed E-state index contributed by atoms with van der Waals surface area (Å²) in [6.45, 7) is 1.88. The Balaban J connectivity index is 1.42. The van der Waals surface area contributed by atoms with Gasteiger partial charge in [-0.3, -0.25) is 9.48 Å². The summed E-state index contributed by atoms with van der Waals surface area (Å²) in [6.07, 6.45) is 7.61. The van der Waals surface area contributed by atoms with Crippen LogP contribution >= 0.6 is 0 Å². The highest BCUT2D eigenvalue weighted by Crippen LogP contribution is 2.33. The van der Waals surface area contributed by atoms with Crippen LogP contribution in [0, 0.1) is 0 Å². The zero-order valence-corrected chi connectivity index (χ0v) is 18.7. The largest absolute Gasteiger partial charge is 0.477 e. The van der Waals surface area contributed by atoms with Crippen molar-refractivity contribution in [3.8, 4) is 17.3 Å². The van der Waals surface area contributed by atoms with Gasteiger partial charge in [-0.15, -0.1) is 0 Å². The van der Waals surface area contributed by atoms with E-state index in [1.807, 2.05) is 16.9 Å². The Labute approximate surface area is 194 Å². The molecule has 1 fully saturated rings. The number of nitrogens with one attached hydrogen (secondary N) is 3. The Hall–Kier alpha value is -4.22. The molecule has 2 aliphatic rings. The van der Waals surface area contributed by atoms with Crippen molar-refractivity contribution < 1.29 is 9.53 Å². The number of nitrogens with zero attached hydrogens (tertiary/aromatic N) is 7. The van der Waals surface area contributed by atoms with Gasteiger partial charge in [0.1, 0.15) is 23.2 Å². The molecule has 1 amide bonds. The summed E-state index contributed by atoms with van der Waals surface area (Å²) >= 11 is 0. The molecule has 1 unspecified atom stereocenters. The second-order valence-electron chi connectivity index (χ2n) is 8.30. The molecular weight excluding hydrogens is 436 g/mol. The van der Waals surface area contributed by atoms with Crippen LogP contribution in [0.4, 0.5) is 17.5 Å². The molecule has 12 nitrogen and oxygen atoms in total. The topological polar surface area (TPSA) is 139 Å². The summed E-state index contributed by atoms with van der Waals surface area (Å²) in [4.78, 5) is 28.2. The fourth-order valence-corrected chi connectivity index (χ4v) is 4.58. The highest BCUT2D eigenvalue weighted by Gasteiger charge is 2.33. The quantitative estimate of drug-likeness (QED) is 0.409. The summed E-state index contributed by atoms with van der Waals surface area (Å²) in [7, 11) is 1.67. The zero-order valence-electron chi connectivity index (χ0n) is 18.7. The molecule has 4 bridgehead atoms. The molecule has 34 heavy (non-hydrogen) atoms. The molecule has 0 aliphatic carbocycles. The molecule has 6 rings (SSSR count).